The lowest BCUT2D eigenvalue weighted by molar-refractivity contribution is 0.251. The predicted molar refractivity (Wildman–Crippen MR) is 110 cm³/mol. The first-order chi connectivity index (χ1) is 13.5. The number of H-pyrrole nitrogens is 1. The molecule has 3 N–H and O–H groups in total. The third-order valence-corrected chi connectivity index (χ3v) is 5.23. The molecule has 144 valence electrons. The Labute approximate surface area is 164 Å². The first-order valence-electron chi connectivity index (χ1n) is 9.60. The molecule has 0 fully saturated rings. The van der Waals surface area contributed by atoms with Gasteiger partial charge in [0.1, 0.15) is 0 Å². The van der Waals surface area contributed by atoms with E-state index in [9.17, 15) is 4.79 Å². The van der Waals surface area contributed by atoms with Gasteiger partial charge in [-0.3, -0.25) is 10.1 Å². The number of amides is 2. The van der Waals surface area contributed by atoms with Crippen molar-refractivity contribution in [3.05, 3.63) is 65.6 Å². The normalized spacial score (nSPS) is 14.9. The van der Waals surface area contributed by atoms with E-state index in [-0.39, 0.29) is 6.03 Å². The minimum atomic E-state index is -0.244. The molecule has 28 heavy (non-hydrogen) atoms. The Morgan fingerprint density at radius 3 is 2.96 bits per heavy atom. The highest BCUT2D eigenvalue weighted by atomic mass is 16.2. The SMILES string of the molecule is CC1(C)CCc2c(-c3cccc(NC(=O)NCc4cccnc4)c3)n[nH]c2C1. The summed E-state index contributed by atoms with van der Waals surface area (Å²) in [5.41, 5.74) is 6.56. The Morgan fingerprint density at radius 2 is 2.14 bits per heavy atom. The summed E-state index contributed by atoms with van der Waals surface area (Å²) in [5.74, 6) is 0. The van der Waals surface area contributed by atoms with Gasteiger partial charge in [-0.15, -0.1) is 0 Å². The Kier molecular flexibility index (Phi) is 4.86. The molecule has 0 bridgehead atoms. The summed E-state index contributed by atoms with van der Waals surface area (Å²) in [6, 6.07) is 11.4. The fraction of sp³-hybridized carbons (Fsp3) is 0.318. The van der Waals surface area contributed by atoms with Gasteiger partial charge in [0, 0.05) is 41.4 Å². The number of nitrogens with one attached hydrogen (secondary N) is 3. The average molecular weight is 375 g/mol. The van der Waals surface area contributed by atoms with Gasteiger partial charge in [0.2, 0.25) is 0 Å². The number of aromatic nitrogens is 3. The topological polar surface area (TPSA) is 82.7 Å². The van der Waals surface area contributed by atoms with Gasteiger partial charge in [-0.1, -0.05) is 32.0 Å². The molecule has 0 saturated heterocycles. The molecule has 2 aromatic heterocycles. The van der Waals surface area contributed by atoms with Crippen LogP contribution in [0, 0.1) is 5.41 Å². The number of hydrogen-bond donors (Lipinski definition) is 3. The number of pyridine rings is 1. The second-order valence-electron chi connectivity index (χ2n) is 8.12. The third-order valence-electron chi connectivity index (χ3n) is 5.23. The lowest BCUT2D eigenvalue weighted by Crippen LogP contribution is -2.28. The smallest absolute Gasteiger partial charge is 0.319 e. The molecular formula is C22H25N5O. The van der Waals surface area contributed by atoms with Gasteiger partial charge in [-0.2, -0.15) is 5.10 Å². The number of carbonyl (C=O) groups is 1. The first-order valence-corrected chi connectivity index (χ1v) is 9.60. The molecule has 1 aliphatic rings. The second kappa shape index (κ2) is 7.46. The number of rotatable bonds is 4. The molecule has 0 saturated carbocycles. The van der Waals surface area contributed by atoms with Crippen LogP contribution in [0.2, 0.25) is 0 Å². The summed E-state index contributed by atoms with van der Waals surface area (Å²) < 4.78 is 0. The third kappa shape index (κ3) is 4.06. The molecule has 0 aliphatic heterocycles. The van der Waals surface area contributed by atoms with Crippen LogP contribution in [-0.4, -0.2) is 21.2 Å². The molecule has 0 radical (unpaired) electrons. The molecule has 1 aliphatic carbocycles. The quantitative estimate of drug-likeness (QED) is 0.635. The molecule has 0 unspecified atom stereocenters. The van der Waals surface area contributed by atoms with E-state index in [4.69, 9.17) is 0 Å². The van der Waals surface area contributed by atoms with Crippen LogP contribution in [0.5, 0.6) is 0 Å². The maximum Gasteiger partial charge on any atom is 0.319 e. The standard InChI is InChI=1S/C22H25N5O/c1-22(2)9-8-18-19(12-22)26-27-20(18)16-6-3-7-17(11-16)25-21(28)24-14-15-5-4-10-23-13-15/h3-7,10-11,13H,8-9,12,14H2,1-2H3,(H,26,27)(H2,24,25,28). The zero-order valence-electron chi connectivity index (χ0n) is 16.2. The molecule has 0 spiro atoms. The number of fused-ring (bicyclic) bond motifs is 1. The van der Waals surface area contributed by atoms with Crippen LogP contribution < -0.4 is 10.6 Å². The molecule has 4 rings (SSSR count). The van der Waals surface area contributed by atoms with Crippen molar-refractivity contribution in [1.82, 2.24) is 20.5 Å². The van der Waals surface area contributed by atoms with Crippen molar-refractivity contribution in [3.8, 4) is 11.3 Å². The minimum absolute atomic E-state index is 0.244. The van der Waals surface area contributed by atoms with Gasteiger partial charge < -0.3 is 10.6 Å². The van der Waals surface area contributed by atoms with Gasteiger partial charge in [-0.25, -0.2) is 4.79 Å². The lowest BCUT2D eigenvalue weighted by atomic mass is 9.76. The lowest BCUT2D eigenvalue weighted by Gasteiger charge is -2.29. The molecular weight excluding hydrogens is 350 g/mol. The van der Waals surface area contributed by atoms with E-state index in [0.717, 1.165) is 41.8 Å². The van der Waals surface area contributed by atoms with Gasteiger partial charge in [0.15, 0.2) is 0 Å². The van der Waals surface area contributed by atoms with E-state index in [0.29, 0.717) is 12.0 Å². The summed E-state index contributed by atoms with van der Waals surface area (Å²) in [6.07, 6.45) is 6.65. The molecule has 2 amide bonds. The molecule has 1 aromatic carbocycles. The predicted octanol–water partition coefficient (Wildman–Crippen LogP) is 4.31. The van der Waals surface area contributed by atoms with Gasteiger partial charge >= 0.3 is 6.03 Å². The van der Waals surface area contributed by atoms with Crippen molar-refractivity contribution in [2.75, 3.05) is 5.32 Å². The fourth-order valence-electron chi connectivity index (χ4n) is 3.69. The van der Waals surface area contributed by atoms with E-state index in [1.54, 1.807) is 12.4 Å². The Morgan fingerprint density at radius 1 is 1.25 bits per heavy atom. The van der Waals surface area contributed by atoms with Crippen molar-refractivity contribution in [2.24, 2.45) is 5.41 Å². The van der Waals surface area contributed by atoms with Crippen LogP contribution in [0.1, 0.15) is 37.1 Å². The molecule has 3 aromatic rings. The van der Waals surface area contributed by atoms with Crippen LogP contribution in [0.4, 0.5) is 10.5 Å². The van der Waals surface area contributed by atoms with E-state index in [1.807, 2.05) is 36.4 Å². The van der Waals surface area contributed by atoms with Crippen LogP contribution in [-0.2, 0) is 19.4 Å². The average Bonchev–Trinajstić information content (AvgIpc) is 3.09. The highest BCUT2D eigenvalue weighted by molar-refractivity contribution is 5.90. The molecule has 6 nitrogen and oxygen atoms in total. The maximum atomic E-state index is 12.2. The van der Waals surface area contributed by atoms with Gasteiger partial charge in [0.25, 0.3) is 0 Å². The maximum absolute atomic E-state index is 12.2. The molecule has 6 heteroatoms. The summed E-state index contributed by atoms with van der Waals surface area (Å²) in [4.78, 5) is 16.3. The van der Waals surface area contributed by atoms with Crippen molar-refractivity contribution in [2.45, 2.75) is 39.7 Å². The summed E-state index contributed by atoms with van der Waals surface area (Å²) in [7, 11) is 0. The summed E-state index contributed by atoms with van der Waals surface area (Å²) >= 11 is 0. The van der Waals surface area contributed by atoms with Crippen molar-refractivity contribution in [1.29, 1.82) is 0 Å². The zero-order valence-corrected chi connectivity index (χ0v) is 16.2. The zero-order chi connectivity index (χ0) is 19.6. The summed E-state index contributed by atoms with van der Waals surface area (Å²) in [6.45, 7) is 5.03. The van der Waals surface area contributed by atoms with Crippen molar-refractivity contribution < 1.29 is 4.79 Å². The number of benzene rings is 1. The fourth-order valence-corrected chi connectivity index (χ4v) is 3.69. The highest BCUT2D eigenvalue weighted by Gasteiger charge is 2.29. The Balaban J connectivity index is 1.45. The molecule has 0 atom stereocenters. The number of anilines is 1. The number of carbonyl (C=O) groups excluding carboxylic acids is 1. The number of urea groups is 1. The Bertz CT molecular complexity index is 978. The Hall–Kier alpha value is -3.15. The monoisotopic (exact) mass is 375 g/mol. The second-order valence-corrected chi connectivity index (χ2v) is 8.12. The van der Waals surface area contributed by atoms with Gasteiger partial charge in [-0.05, 0) is 48.4 Å². The van der Waals surface area contributed by atoms with E-state index in [2.05, 4.69) is 39.7 Å². The first kappa shape index (κ1) is 18.2. The number of aromatic amines is 1. The van der Waals surface area contributed by atoms with Gasteiger partial charge in [0.05, 0.1) is 5.69 Å². The van der Waals surface area contributed by atoms with Crippen molar-refractivity contribution in [3.63, 3.8) is 0 Å². The summed E-state index contributed by atoms with van der Waals surface area (Å²) in [5, 5.41) is 13.5. The van der Waals surface area contributed by atoms with Crippen molar-refractivity contribution >= 4 is 11.7 Å². The highest BCUT2D eigenvalue weighted by Crippen LogP contribution is 2.38. The minimum Gasteiger partial charge on any atom is -0.334 e. The van der Waals surface area contributed by atoms with E-state index in [1.165, 1.54) is 11.3 Å². The molecule has 2 heterocycles. The van der Waals surface area contributed by atoms with Crippen LogP contribution >= 0.6 is 0 Å². The van der Waals surface area contributed by atoms with E-state index >= 15 is 0 Å². The largest absolute Gasteiger partial charge is 0.334 e. The van der Waals surface area contributed by atoms with Crippen LogP contribution in [0.15, 0.2) is 48.8 Å². The van der Waals surface area contributed by atoms with Crippen LogP contribution in [0.3, 0.4) is 0 Å². The van der Waals surface area contributed by atoms with Crippen LogP contribution in [0.25, 0.3) is 11.3 Å². The number of nitrogens with zero attached hydrogens (tertiary/aromatic N) is 2. The van der Waals surface area contributed by atoms with E-state index < -0.39 is 0 Å². The number of hydrogen-bond acceptors (Lipinski definition) is 3.